The van der Waals surface area contributed by atoms with E-state index in [2.05, 4.69) is 10.6 Å². The van der Waals surface area contributed by atoms with Gasteiger partial charge in [0.15, 0.2) is 6.61 Å². The van der Waals surface area contributed by atoms with Crippen molar-refractivity contribution in [1.29, 1.82) is 0 Å². The maximum atomic E-state index is 12.2. The van der Waals surface area contributed by atoms with Crippen molar-refractivity contribution in [3.63, 3.8) is 0 Å². The fourth-order valence-corrected chi connectivity index (χ4v) is 3.17. The Kier molecular flexibility index (Phi) is 9.07. The van der Waals surface area contributed by atoms with E-state index in [-0.39, 0.29) is 16.5 Å². The number of ether oxygens (including phenoxy) is 1. The molecule has 0 spiro atoms. The largest absolute Gasteiger partial charge is 0.454 e. The van der Waals surface area contributed by atoms with Gasteiger partial charge in [0.05, 0.1) is 4.90 Å². The average Bonchev–Trinajstić information content (AvgIpc) is 2.68. The summed E-state index contributed by atoms with van der Waals surface area (Å²) in [5.74, 6) is -1.81. The summed E-state index contributed by atoms with van der Waals surface area (Å²) in [6.07, 6.45) is 1.55. The van der Waals surface area contributed by atoms with Crippen LogP contribution in [-0.4, -0.2) is 63.8 Å². The lowest BCUT2D eigenvalue weighted by molar-refractivity contribution is -0.147. The lowest BCUT2D eigenvalue weighted by Gasteiger charge is -2.14. The van der Waals surface area contributed by atoms with Gasteiger partial charge in [-0.3, -0.25) is 14.4 Å². The van der Waals surface area contributed by atoms with E-state index < -0.39 is 41.0 Å². The van der Waals surface area contributed by atoms with E-state index in [1.165, 1.54) is 38.4 Å². The molecule has 10 heteroatoms. The molecule has 9 nitrogen and oxygen atoms in total. The maximum Gasteiger partial charge on any atom is 0.325 e. The summed E-state index contributed by atoms with van der Waals surface area (Å²) in [5, 5.41) is 5.07. The molecular weight excluding hydrogens is 386 g/mol. The third-order valence-electron chi connectivity index (χ3n) is 3.98. The molecule has 156 valence electrons. The van der Waals surface area contributed by atoms with Crippen molar-refractivity contribution in [3.05, 3.63) is 29.8 Å². The van der Waals surface area contributed by atoms with Crippen LogP contribution in [0.3, 0.4) is 0 Å². The highest BCUT2D eigenvalue weighted by molar-refractivity contribution is 7.89. The van der Waals surface area contributed by atoms with Crippen molar-refractivity contribution in [1.82, 2.24) is 14.9 Å². The second-order valence-electron chi connectivity index (χ2n) is 6.24. The summed E-state index contributed by atoms with van der Waals surface area (Å²) in [5.41, 5.74) is 0.0854. The molecular formula is C18H27N3O6S. The van der Waals surface area contributed by atoms with Crippen molar-refractivity contribution >= 4 is 27.8 Å². The maximum absolute atomic E-state index is 12.2. The molecule has 0 radical (unpaired) electrons. The Morgan fingerprint density at radius 1 is 1.14 bits per heavy atom. The highest BCUT2D eigenvalue weighted by Crippen LogP contribution is 2.14. The highest BCUT2D eigenvalue weighted by atomic mass is 32.2. The zero-order valence-corrected chi connectivity index (χ0v) is 17.3. The number of carbonyl (C=O) groups excluding carboxylic acids is 3. The van der Waals surface area contributed by atoms with E-state index in [0.717, 1.165) is 17.1 Å². The SMILES string of the molecule is CCC(CC)NC(=O)COC(=O)CNC(=O)c1cccc(S(=O)(=O)N(C)C)c1. The quantitative estimate of drug-likeness (QED) is 0.539. The van der Waals surface area contributed by atoms with Gasteiger partial charge in [0.25, 0.3) is 11.8 Å². The minimum atomic E-state index is -3.68. The third-order valence-corrected chi connectivity index (χ3v) is 5.79. The monoisotopic (exact) mass is 413 g/mol. The zero-order valence-electron chi connectivity index (χ0n) is 16.5. The molecule has 2 amide bonds. The van der Waals surface area contributed by atoms with Crippen LogP contribution in [0.15, 0.2) is 29.2 Å². The van der Waals surface area contributed by atoms with Gasteiger partial charge in [-0.25, -0.2) is 12.7 Å². The summed E-state index contributed by atoms with van der Waals surface area (Å²) in [4.78, 5) is 35.5. The Labute approximate surface area is 165 Å². The van der Waals surface area contributed by atoms with Crippen molar-refractivity contribution in [2.45, 2.75) is 37.6 Å². The minimum absolute atomic E-state index is 0.0247. The molecule has 0 atom stereocenters. The van der Waals surface area contributed by atoms with Crippen molar-refractivity contribution in [2.24, 2.45) is 0 Å². The standard InChI is InChI=1S/C18H27N3O6S/c1-5-14(6-2)20-16(22)12-27-17(23)11-19-18(24)13-8-7-9-15(10-13)28(25,26)21(3)4/h7-10,14H,5-6,11-12H2,1-4H3,(H,19,24)(H,20,22). The number of nitrogens with one attached hydrogen (secondary N) is 2. The van der Waals surface area contributed by atoms with Gasteiger partial charge < -0.3 is 15.4 Å². The van der Waals surface area contributed by atoms with Gasteiger partial charge in [-0.15, -0.1) is 0 Å². The van der Waals surface area contributed by atoms with Crippen LogP contribution in [0.1, 0.15) is 37.0 Å². The van der Waals surface area contributed by atoms with Crippen LogP contribution >= 0.6 is 0 Å². The molecule has 0 aliphatic rings. The lowest BCUT2D eigenvalue weighted by atomic mass is 10.2. The normalized spacial score (nSPS) is 11.4. The number of hydrogen-bond donors (Lipinski definition) is 2. The van der Waals surface area contributed by atoms with Crippen LogP contribution in [0.4, 0.5) is 0 Å². The predicted octanol–water partition coefficient (Wildman–Crippen LogP) is 0.515. The summed E-state index contributed by atoms with van der Waals surface area (Å²) in [6, 6.07) is 5.49. The highest BCUT2D eigenvalue weighted by Gasteiger charge is 2.19. The number of rotatable bonds is 10. The minimum Gasteiger partial charge on any atom is -0.454 e. The molecule has 0 aliphatic heterocycles. The number of sulfonamides is 1. The van der Waals surface area contributed by atoms with Crippen molar-refractivity contribution in [3.8, 4) is 0 Å². The third kappa shape index (κ3) is 6.93. The van der Waals surface area contributed by atoms with Gasteiger partial charge in [0, 0.05) is 25.7 Å². The Morgan fingerprint density at radius 2 is 1.79 bits per heavy atom. The molecule has 0 aliphatic carbocycles. The fourth-order valence-electron chi connectivity index (χ4n) is 2.22. The van der Waals surface area contributed by atoms with E-state index in [0.29, 0.717) is 0 Å². The smallest absolute Gasteiger partial charge is 0.325 e. The summed E-state index contributed by atoms with van der Waals surface area (Å²) in [7, 11) is -0.907. The van der Waals surface area contributed by atoms with Gasteiger partial charge in [0.2, 0.25) is 10.0 Å². The summed E-state index contributed by atoms with van der Waals surface area (Å²) >= 11 is 0. The van der Waals surface area contributed by atoms with Gasteiger partial charge in [0.1, 0.15) is 6.54 Å². The lowest BCUT2D eigenvalue weighted by Crippen LogP contribution is -2.38. The molecule has 0 saturated heterocycles. The molecule has 28 heavy (non-hydrogen) atoms. The van der Waals surface area contributed by atoms with Gasteiger partial charge in [-0.05, 0) is 31.0 Å². The Morgan fingerprint density at radius 3 is 2.36 bits per heavy atom. The molecule has 0 saturated carbocycles. The molecule has 1 aromatic rings. The van der Waals surface area contributed by atoms with E-state index in [1.54, 1.807) is 0 Å². The van der Waals surface area contributed by atoms with Crippen molar-refractivity contribution in [2.75, 3.05) is 27.2 Å². The molecule has 0 bridgehead atoms. The predicted molar refractivity (Wildman–Crippen MR) is 103 cm³/mol. The zero-order chi connectivity index (χ0) is 21.3. The van der Waals surface area contributed by atoms with Crippen LogP contribution < -0.4 is 10.6 Å². The number of benzene rings is 1. The number of esters is 1. The van der Waals surface area contributed by atoms with Crippen LogP contribution in [0.2, 0.25) is 0 Å². The van der Waals surface area contributed by atoms with Crippen molar-refractivity contribution < 1.29 is 27.5 Å². The summed E-state index contributed by atoms with van der Waals surface area (Å²) < 4.78 is 30.1. The van der Waals surface area contributed by atoms with Gasteiger partial charge in [-0.2, -0.15) is 0 Å². The molecule has 2 N–H and O–H groups in total. The Hall–Kier alpha value is -2.46. The van der Waals surface area contributed by atoms with Crippen LogP contribution in [0, 0.1) is 0 Å². The average molecular weight is 413 g/mol. The second kappa shape index (κ2) is 10.8. The fraction of sp³-hybridized carbons (Fsp3) is 0.500. The molecule has 0 unspecified atom stereocenters. The van der Waals surface area contributed by atoms with Gasteiger partial charge in [-0.1, -0.05) is 19.9 Å². The van der Waals surface area contributed by atoms with E-state index in [1.807, 2.05) is 13.8 Å². The molecule has 1 aromatic carbocycles. The first-order valence-corrected chi connectivity index (χ1v) is 10.3. The van der Waals surface area contributed by atoms with E-state index >= 15 is 0 Å². The molecule has 1 rings (SSSR count). The van der Waals surface area contributed by atoms with Crippen LogP contribution in [0.5, 0.6) is 0 Å². The second-order valence-corrected chi connectivity index (χ2v) is 8.39. The molecule has 0 fully saturated rings. The number of nitrogens with zero attached hydrogens (tertiary/aromatic N) is 1. The van der Waals surface area contributed by atoms with E-state index in [4.69, 9.17) is 4.74 Å². The first kappa shape index (κ1) is 23.6. The Bertz CT molecular complexity index is 803. The topological polar surface area (TPSA) is 122 Å². The van der Waals surface area contributed by atoms with Crippen LogP contribution in [0.25, 0.3) is 0 Å². The number of amides is 2. The number of carbonyl (C=O) groups is 3. The molecule has 0 heterocycles. The first-order valence-electron chi connectivity index (χ1n) is 8.87. The molecule has 0 aromatic heterocycles. The number of hydrogen-bond acceptors (Lipinski definition) is 6. The first-order chi connectivity index (χ1) is 13.1. The van der Waals surface area contributed by atoms with Gasteiger partial charge >= 0.3 is 5.97 Å². The van der Waals surface area contributed by atoms with E-state index in [9.17, 15) is 22.8 Å². The Balaban J connectivity index is 2.56. The van der Waals surface area contributed by atoms with Crippen LogP contribution in [-0.2, 0) is 24.3 Å². The summed E-state index contributed by atoms with van der Waals surface area (Å²) in [6.45, 7) is 3.01.